The third kappa shape index (κ3) is 5.20. The molecule has 0 spiro atoms. The molecule has 4 unspecified atom stereocenters. The third-order valence-corrected chi connectivity index (χ3v) is 7.38. The van der Waals surface area contributed by atoms with Crippen molar-refractivity contribution in [3.63, 3.8) is 0 Å². The molecule has 1 aliphatic rings. The van der Waals surface area contributed by atoms with Crippen LogP contribution in [-0.4, -0.2) is 53.3 Å². The molecule has 8 nitrogen and oxygen atoms in total. The highest BCUT2D eigenvalue weighted by molar-refractivity contribution is 7.99. The number of rotatable bonds is 6. The van der Waals surface area contributed by atoms with Crippen molar-refractivity contribution in [3.05, 3.63) is 58.6 Å². The Balaban J connectivity index is 1.40. The van der Waals surface area contributed by atoms with Crippen molar-refractivity contribution in [3.8, 4) is 17.2 Å². The molecule has 1 aliphatic heterocycles. The maximum atomic E-state index is 12.7. The minimum atomic E-state index is -0.657. The first-order valence-electron chi connectivity index (χ1n) is 11.2. The van der Waals surface area contributed by atoms with Crippen molar-refractivity contribution in [1.29, 1.82) is 5.26 Å². The van der Waals surface area contributed by atoms with Crippen molar-refractivity contribution >= 4 is 28.8 Å². The summed E-state index contributed by atoms with van der Waals surface area (Å²) in [6.07, 6.45) is 1.80. The predicted molar refractivity (Wildman–Crippen MR) is 133 cm³/mol. The minimum Gasteiger partial charge on any atom is -0.408 e. The molecule has 1 aromatic heterocycles. The van der Waals surface area contributed by atoms with Gasteiger partial charge < -0.3 is 19.8 Å². The van der Waals surface area contributed by atoms with Crippen molar-refractivity contribution in [2.45, 2.75) is 36.8 Å². The van der Waals surface area contributed by atoms with Crippen LogP contribution < -0.4 is 16.4 Å². The van der Waals surface area contributed by atoms with E-state index in [-0.39, 0.29) is 17.2 Å². The van der Waals surface area contributed by atoms with Crippen LogP contribution in [0.4, 0.5) is 0 Å². The number of nitrogens with zero attached hydrogens (tertiary/aromatic N) is 2. The molecule has 1 fully saturated rings. The van der Waals surface area contributed by atoms with Crippen molar-refractivity contribution < 1.29 is 13.9 Å². The smallest absolute Gasteiger partial charge is 0.408 e. The zero-order chi connectivity index (χ0) is 24.2. The van der Waals surface area contributed by atoms with E-state index in [2.05, 4.69) is 23.6 Å². The second-order valence-electron chi connectivity index (χ2n) is 8.49. The van der Waals surface area contributed by atoms with Gasteiger partial charge in [-0.05, 0) is 42.0 Å². The Morgan fingerprint density at radius 2 is 2.03 bits per heavy atom. The van der Waals surface area contributed by atoms with Crippen LogP contribution in [0.25, 0.3) is 22.2 Å². The number of carbonyl (C=O) groups excluding carboxylic acids is 1. The van der Waals surface area contributed by atoms with Gasteiger partial charge in [0.05, 0.1) is 18.2 Å². The average molecular weight is 481 g/mol. The van der Waals surface area contributed by atoms with Gasteiger partial charge in [-0.25, -0.2) is 4.79 Å². The van der Waals surface area contributed by atoms with Crippen molar-refractivity contribution in [2.75, 3.05) is 19.4 Å². The van der Waals surface area contributed by atoms with Crippen LogP contribution in [0.3, 0.4) is 0 Å². The van der Waals surface area contributed by atoms with Gasteiger partial charge in [0.2, 0.25) is 0 Å². The van der Waals surface area contributed by atoms with E-state index in [0.29, 0.717) is 25.2 Å². The number of aryl methyl sites for hydroxylation is 1. The number of hydrogen-bond acceptors (Lipinski definition) is 7. The molecule has 34 heavy (non-hydrogen) atoms. The number of benzene rings is 2. The Morgan fingerprint density at radius 3 is 2.74 bits per heavy atom. The van der Waals surface area contributed by atoms with Gasteiger partial charge in [-0.1, -0.05) is 30.3 Å². The summed E-state index contributed by atoms with van der Waals surface area (Å²) in [6, 6.07) is 15.2. The van der Waals surface area contributed by atoms with Crippen LogP contribution in [-0.2, 0) is 23.0 Å². The minimum absolute atomic E-state index is 0.247. The van der Waals surface area contributed by atoms with Crippen LogP contribution in [0.5, 0.6) is 0 Å². The molecule has 1 saturated heterocycles. The lowest BCUT2D eigenvalue weighted by Gasteiger charge is -2.18. The number of nitrogens with one attached hydrogen (secondary N) is 2. The summed E-state index contributed by atoms with van der Waals surface area (Å²) in [6.45, 7) is 3.00. The summed E-state index contributed by atoms with van der Waals surface area (Å²) in [5, 5.41) is 16.1. The molecule has 1 amide bonds. The Labute approximate surface area is 202 Å². The molecule has 0 saturated carbocycles. The highest BCUT2D eigenvalue weighted by Crippen LogP contribution is 2.24. The molecule has 0 radical (unpaired) electrons. The Hall–Kier alpha value is -3.06. The molecule has 4 atom stereocenters. The first kappa shape index (κ1) is 24.1. The summed E-state index contributed by atoms with van der Waals surface area (Å²) in [7, 11) is 1.68. The van der Waals surface area contributed by atoms with Crippen molar-refractivity contribution in [1.82, 2.24) is 15.2 Å². The van der Waals surface area contributed by atoms with E-state index in [4.69, 9.17) is 9.15 Å². The molecule has 3 aromatic rings. The maximum Gasteiger partial charge on any atom is 0.419 e. The van der Waals surface area contributed by atoms with E-state index in [0.717, 1.165) is 22.2 Å². The number of amides is 1. The summed E-state index contributed by atoms with van der Waals surface area (Å²) in [5.74, 6) is -0.667. The Kier molecular flexibility index (Phi) is 7.41. The number of hydrogen-bond donors (Lipinski definition) is 2. The van der Waals surface area contributed by atoms with Crippen LogP contribution in [0.1, 0.15) is 12.5 Å². The van der Waals surface area contributed by atoms with Gasteiger partial charge in [-0.2, -0.15) is 17.0 Å². The monoisotopic (exact) mass is 480 g/mol. The quantitative estimate of drug-likeness (QED) is 0.558. The lowest BCUT2D eigenvalue weighted by Crippen LogP contribution is -2.46. The fraction of sp³-hybridized carbons (Fsp3) is 0.400. The van der Waals surface area contributed by atoms with Gasteiger partial charge in [0.25, 0.3) is 5.91 Å². The molecular formula is C25H28N4O4S. The summed E-state index contributed by atoms with van der Waals surface area (Å²) in [4.78, 5) is 24.4. The zero-order valence-corrected chi connectivity index (χ0v) is 20.2. The number of aromatic nitrogens is 1. The van der Waals surface area contributed by atoms with Gasteiger partial charge in [0, 0.05) is 31.3 Å². The number of thioether (sulfide) groups is 1. The maximum absolute atomic E-state index is 12.7. The molecule has 178 valence electrons. The molecule has 0 bridgehead atoms. The van der Waals surface area contributed by atoms with Crippen LogP contribution in [0.15, 0.2) is 51.7 Å². The second kappa shape index (κ2) is 10.5. The van der Waals surface area contributed by atoms with Gasteiger partial charge in [-0.3, -0.25) is 9.36 Å². The Bertz CT molecular complexity index is 1260. The van der Waals surface area contributed by atoms with Crippen LogP contribution in [0, 0.1) is 11.3 Å². The van der Waals surface area contributed by atoms with Gasteiger partial charge in [-0.15, -0.1) is 0 Å². The third-order valence-electron chi connectivity index (χ3n) is 6.23. The van der Waals surface area contributed by atoms with Gasteiger partial charge in [0.1, 0.15) is 12.1 Å². The average Bonchev–Trinajstić information content (AvgIpc) is 3.00. The number of oxazole rings is 1. The standard InChI is InChI=1S/C25H28N4O4S/c1-15-23(34-3)14-32-22(13-27-15)24(30)28-19(12-26)10-16-4-6-17(7-5-16)18-8-9-21-20(11-18)29(2)25(31)33-21/h4-9,11,15,19,22-23,27H,10,13-14H2,1-3H3,(H,28,30). The molecule has 4 rings (SSSR count). The number of ether oxygens (including phenoxy) is 1. The SMILES string of the molecule is CSC1COC(C(=O)NC(C#N)Cc2ccc(-c3ccc4oc(=O)n(C)c4c3)cc2)CNC1C. The number of fused-ring (bicyclic) bond motifs is 1. The molecule has 0 aliphatic carbocycles. The molecule has 2 aromatic carbocycles. The lowest BCUT2D eigenvalue weighted by atomic mass is 10.0. The van der Waals surface area contributed by atoms with Crippen molar-refractivity contribution in [2.24, 2.45) is 7.05 Å². The topological polar surface area (TPSA) is 109 Å². The first-order chi connectivity index (χ1) is 16.4. The van der Waals surface area contributed by atoms with E-state index in [1.54, 1.807) is 24.9 Å². The lowest BCUT2D eigenvalue weighted by molar-refractivity contribution is -0.132. The molecule has 9 heteroatoms. The Morgan fingerprint density at radius 1 is 1.29 bits per heavy atom. The molecular weight excluding hydrogens is 452 g/mol. The summed E-state index contributed by atoms with van der Waals surface area (Å²) >= 11 is 1.71. The van der Waals surface area contributed by atoms with E-state index >= 15 is 0 Å². The van der Waals surface area contributed by atoms with Gasteiger partial charge in [0.15, 0.2) is 5.58 Å². The summed E-state index contributed by atoms with van der Waals surface area (Å²) in [5.41, 5.74) is 4.14. The fourth-order valence-corrected chi connectivity index (χ4v) is 4.77. The fourth-order valence-electron chi connectivity index (χ4n) is 4.05. The van der Waals surface area contributed by atoms with E-state index in [1.165, 1.54) is 4.57 Å². The largest absolute Gasteiger partial charge is 0.419 e. The highest BCUT2D eigenvalue weighted by Gasteiger charge is 2.29. The number of nitriles is 1. The van der Waals surface area contributed by atoms with E-state index in [1.807, 2.05) is 42.7 Å². The normalized spacial score (nSPS) is 21.5. The summed E-state index contributed by atoms with van der Waals surface area (Å²) < 4.78 is 12.5. The van der Waals surface area contributed by atoms with Gasteiger partial charge >= 0.3 is 5.76 Å². The zero-order valence-electron chi connectivity index (χ0n) is 19.4. The first-order valence-corrected chi connectivity index (χ1v) is 12.4. The van der Waals surface area contributed by atoms with E-state index in [9.17, 15) is 14.9 Å². The van der Waals surface area contributed by atoms with E-state index < -0.39 is 17.9 Å². The second-order valence-corrected chi connectivity index (χ2v) is 9.57. The van der Waals surface area contributed by atoms with Crippen LogP contribution >= 0.6 is 11.8 Å². The molecule has 2 heterocycles. The molecule has 2 N–H and O–H groups in total. The number of carbonyl (C=O) groups is 1. The predicted octanol–water partition coefficient (Wildman–Crippen LogP) is 2.46. The van der Waals surface area contributed by atoms with Crippen LogP contribution in [0.2, 0.25) is 0 Å². The highest BCUT2D eigenvalue weighted by atomic mass is 32.2.